The van der Waals surface area contributed by atoms with Crippen LogP contribution in [0.15, 0.2) is 18.2 Å². The molecule has 21 heavy (non-hydrogen) atoms. The van der Waals surface area contributed by atoms with E-state index in [1.165, 1.54) is 0 Å². The van der Waals surface area contributed by atoms with E-state index in [9.17, 15) is 22.8 Å². The Kier molecular flexibility index (Phi) is 5.39. The van der Waals surface area contributed by atoms with Crippen molar-refractivity contribution in [1.82, 2.24) is 5.32 Å². The largest absolute Gasteiger partial charge is 0.480 e. The van der Waals surface area contributed by atoms with E-state index in [-0.39, 0.29) is 10.7 Å². The fraction of sp³-hybridized carbons (Fsp3) is 0.273. The van der Waals surface area contributed by atoms with Crippen molar-refractivity contribution in [1.29, 1.82) is 0 Å². The molecule has 0 fully saturated rings. The van der Waals surface area contributed by atoms with Crippen LogP contribution in [0.5, 0.6) is 0 Å². The number of amides is 2. The molecular formula is C11H10ClF3N2O4. The highest BCUT2D eigenvalue weighted by Crippen LogP contribution is 2.33. The van der Waals surface area contributed by atoms with Crippen molar-refractivity contribution in [3.8, 4) is 0 Å². The zero-order chi connectivity index (χ0) is 16.2. The maximum atomic E-state index is 12.6. The predicted octanol–water partition coefficient (Wildman–Crippen LogP) is 1.93. The third kappa shape index (κ3) is 5.12. The Bertz CT molecular complexity index is 551. The van der Waals surface area contributed by atoms with Gasteiger partial charge in [0.15, 0.2) is 6.04 Å². The van der Waals surface area contributed by atoms with E-state index < -0.39 is 36.4 Å². The molecule has 1 aromatic carbocycles. The monoisotopic (exact) mass is 326 g/mol. The number of rotatable bonds is 4. The molecule has 116 valence electrons. The van der Waals surface area contributed by atoms with Crippen LogP contribution in [0, 0.1) is 0 Å². The molecule has 10 heteroatoms. The van der Waals surface area contributed by atoms with Crippen LogP contribution in [0.4, 0.5) is 23.7 Å². The van der Waals surface area contributed by atoms with Crippen molar-refractivity contribution in [2.24, 2.45) is 0 Å². The number of anilines is 1. The first kappa shape index (κ1) is 17.1. The molecule has 0 aliphatic rings. The molecule has 0 unspecified atom stereocenters. The highest BCUT2D eigenvalue weighted by Gasteiger charge is 2.31. The molecule has 0 spiro atoms. The summed E-state index contributed by atoms with van der Waals surface area (Å²) in [6.07, 6.45) is -4.65. The number of carboxylic acid groups (broad SMARTS) is 1. The lowest BCUT2D eigenvalue weighted by Crippen LogP contribution is -2.45. The first-order chi connectivity index (χ1) is 9.63. The summed E-state index contributed by atoms with van der Waals surface area (Å²) in [4.78, 5) is 22.0. The number of aliphatic carboxylic acids is 1. The van der Waals surface area contributed by atoms with Crippen LogP contribution in [0.2, 0.25) is 5.02 Å². The number of benzene rings is 1. The van der Waals surface area contributed by atoms with E-state index in [1.807, 2.05) is 10.6 Å². The van der Waals surface area contributed by atoms with Crippen LogP contribution in [0.3, 0.4) is 0 Å². The van der Waals surface area contributed by atoms with E-state index in [0.29, 0.717) is 12.1 Å². The molecule has 0 heterocycles. The van der Waals surface area contributed by atoms with Crippen molar-refractivity contribution in [3.63, 3.8) is 0 Å². The molecule has 0 saturated heterocycles. The SMILES string of the molecule is O=C(Nc1cc(Cl)cc(C(F)(F)F)c1)N[C@H](CO)C(=O)O. The molecule has 0 aliphatic heterocycles. The minimum Gasteiger partial charge on any atom is -0.480 e. The van der Waals surface area contributed by atoms with E-state index in [1.54, 1.807) is 0 Å². The molecule has 4 N–H and O–H groups in total. The van der Waals surface area contributed by atoms with E-state index in [4.69, 9.17) is 21.8 Å². The summed E-state index contributed by atoms with van der Waals surface area (Å²) in [7, 11) is 0. The molecule has 0 aromatic heterocycles. The fourth-order valence-electron chi connectivity index (χ4n) is 1.34. The quantitative estimate of drug-likeness (QED) is 0.679. The van der Waals surface area contributed by atoms with Crippen molar-refractivity contribution in [3.05, 3.63) is 28.8 Å². The van der Waals surface area contributed by atoms with Crippen LogP contribution in [0.1, 0.15) is 5.56 Å². The summed E-state index contributed by atoms with van der Waals surface area (Å²) >= 11 is 5.52. The minimum atomic E-state index is -4.65. The second kappa shape index (κ2) is 6.64. The van der Waals surface area contributed by atoms with Gasteiger partial charge in [-0.1, -0.05) is 11.6 Å². The third-order valence-corrected chi connectivity index (χ3v) is 2.49. The summed E-state index contributed by atoms with van der Waals surface area (Å²) in [5, 5.41) is 20.9. The number of hydrogen-bond acceptors (Lipinski definition) is 3. The zero-order valence-electron chi connectivity index (χ0n) is 10.2. The van der Waals surface area contributed by atoms with E-state index in [0.717, 1.165) is 6.07 Å². The second-order valence-electron chi connectivity index (χ2n) is 3.90. The van der Waals surface area contributed by atoms with Crippen LogP contribution >= 0.6 is 11.6 Å². The van der Waals surface area contributed by atoms with Gasteiger partial charge in [-0.05, 0) is 18.2 Å². The topological polar surface area (TPSA) is 98.7 Å². The van der Waals surface area contributed by atoms with Gasteiger partial charge in [-0.25, -0.2) is 9.59 Å². The normalized spacial score (nSPS) is 12.6. The highest BCUT2D eigenvalue weighted by atomic mass is 35.5. The Labute approximate surface area is 121 Å². The summed E-state index contributed by atoms with van der Waals surface area (Å²) < 4.78 is 37.7. The number of hydrogen-bond donors (Lipinski definition) is 4. The van der Waals surface area contributed by atoms with E-state index in [2.05, 4.69) is 0 Å². The Hall–Kier alpha value is -2.00. The lowest BCUT2D eigenvalue weighted by molar-refractivity contribution is -0.140. The molecule has 0 bridgehead atoms. The highest BCUT2D eigenvalue weighted by molar-refractivity contribution is 6.31. The molecule has 0 aliphatic carbocycles. The molecule has 0 radical (unpaired) electrons. The average molecular weight is 327 g/mol. The van der Waals surface area contributed by atoms with Gasteiger partial charge in [-0.2, -0.15) is 13.2 Å². The minimum absolute atomic E-state index is 0.253. The van der Waals surface area contributed by atoms with Crippen LogP contribution in [-0.4, -0.2) is 34.9 Å². The van der Waals surface area contributed by atoms with Gasteiger partial charge in [-0.15, -0.1) is 0 Å². The zero-order valence-corrected chi connectivity index (χ0v) is 11.0. The lowest BCUT2D eigenvalue weighted by Gasteiger charge is -2.14. The number of halogens is 4. The number of aliphatic hydroxyl groups excluding tert-OH is 1. The molecular weight excluding hydrogens is 317 g/mol. The van der Waals surface area contributed by atoms with Crippen LogP contribution < -0.4 is 10.6 Å². The van der Waals surface area contributed by atoms with Crippen molar-refractivity contribution < 1.29 is 33.0 Å². The van der Waals surface area contributed by atoms with Gasteiger partial charge >= 0.3 is 18.2 Å². The first-order valence-electron chi connectivity index (χ1n) is 5.42. The Morgan fingerprint density at radius 1 is 1.29 bits per heavy atom. The van der Waals surface area contributed by atoms with Gasteiger partial charge in [0.05, 0.1) is 12.2 Å². The molecule has 6 nitrogen and oxygen atoms in total. The van der Waals surface area contributed by atoms with Gasteiger partial charge in [0.25, 0.3) is 0 Å². The number of carboxylic acids is 1. The Morgan fingerprint density at radius 2 is 1.90 bits per heavy atom. The average Bonchev–Trinajstić information content (AvgIpc) is 2.33. The first-order valence-corrected chi connectivity index (χ1v) is 5.80. The molecule has 0 saturated carbocycles. The standard InChI is InChI=1S/C11H10ClF3N2O4/c12-6-1-5(11(13,14)15)2-7(3-6)16-10(21)17-8(4-18)9(19)20/h1-3,8,18H,4H2,(H,19,20)(H2,16,17,21)/t8-/m1/s1. The molecule has 2 amide bonds. The number of aliphatic hydroxyl groups is 1. The van der Waals surface area contributed by atoms with Gasteiger partial charge in [-0.3, -0.25) is 0 Å². The third-order valence-electron chi connectivity index (χ3n) is 2.27. The second-order valence-corrected chi connectivity index (χ2v) is 4.33. The van der Waals surface area contributed by atoms with Gasteiger partial charge < -0.3 is 20.8 Å². The van der Waals surface area contributed by atoms with Crippen molar-refractivity contribution >= 4 is 29.3 Å². The Balaban J connectivity index is 2.86. The number of alkyl halides is 3. The van der Waals surface area contributed by atoms with Crippen LogP contribution in [-0.2, 0) is 11.0 Å². The predicted molar refractivity (Wildman–Crippen MR) is 67.1 cm³/mol. The van der Waals surface area contributed by atoms with Gasteiger partial charge in [0.1, 0.15) is 0 Å². The number of carbonyl (C=O) groups excluding carboxylic acids is 1. The molecule has 1 rings (SSSR count). The lowest BCUT2D eigenvalue weighted by atomic mass is 10.2. The van der Waals surface area contributed by atoms with E-state index >= 15 is 0 Å². The summed E-state index contributed by atoms with van der Waals surface area (Å²) in [5.74, 6) is -1.49. The van der Waals surface area contributed by atoms with Crippen molar-refractivity contribution in [2.75, 3.05) is 11.9 Å². The summed E-state index contributed by atoms with van der Waals surface area (Å²) in [5.41, 5.74) is -1.34. The Morgan fingerprint density at radius 3 is 2.38 bits per heavy atom. The number of urea groups is 1. The summed E-state index contributed by atoms with van der Waals surface area (Å²) in [6.45, 7) is -0.869. The number of carbonyl (C=O) groups is 2. The maximum absolute atomic E-state index is 12.6. The fourth-order valence-corrected chi connectivity index (χ4v) is 1.57. The molecule has 1 aromatic rings. The number of nitrogens with one attached hydrogen (secondary N) is 2. The van der Waals surface area contributed by atoms with Gasteiger partial charge in [0, 0.05) is 10.7 Å². The van der Waals surface area contributed by atoms with Gasteiger partial charge in [0.2, 0.25) is 0 Å². The van der Waals surface area contributed by atoms with Crippen molar-refractivity contribution in [2.45, 2.75) is 12.2 Å². The molecule has 1 atom stereocenters. The summed E-state index contributed by atoms with van der Waals surface area (Å²) in [6, 6.07) is -0.290. The smallest absolute Gasteiger partial charge is 0.416 e. The maximum Gasteiger partial charge on any atom is 0.416 e. The van der Waals surface area contributed by atoms with Crippen LogP contribution in [0.25, 0.3) is 0 Å².